The van der Waals surface area contributed by atoms with Crippen molar-refractivity contribution in [2.45, 2.75) is 18.4 Å². The average molecular weight is 204 g/mol. The summed E-state index contributed by atoms with van der Waals surface area (Å²) in [5.74, 6) is 0.306. The Balaban J connectivity index is 2.18. The highest BCUT2D eigenvalue weighted by Crippen LogP contribution is 2.27. The number of sulfone groups is 1. The molecule has 0 bridgehead atoms. The van der Waals surface area contributed by atoms with E-state index in [2.05, 4.69) is 10.6 Å². The fourth-order valence-corrected chi connectivity index (χ4v) is 4.02. The summed E-state index contributed by atoms with van der Waals surface area (Å²) in [5.41, 5.74) is -0.471. The zero-order chi connectivity index (χ0) is 9.53. The normalized spacial score (nSPS) is 37.1. The van der Waals surface area contributed by atoms with Crippen molar-refractivity contribution in [3.8, 4) is 0 Å². The highest BCUT2D eigenvalue weighted by Gasteiger charge is 2.44. The second-order valence-electron chi connectivity index (χ2n) is 3.75. The summed E-state index contributed by atoms with van der Waals surface area (Å²) in [7, 11) is -2.92. The van der Waals surface area contributed by atoms with Crippen LogP contribution in [0.3, 0.4) is 0 Å². The topological polar surface area (TPSA) is 75.3 Å². The number of amides is 2. The molecule has 2 aliphatic rings. The lowest BCUT2D eigenvalue weighted by Gasteiger charge is -2.33. The first-order valence-corrected chi connectivity index (χ1v) is 6.10. The zero-order valence-electron chi connectivity index (χ0n) is 7.17. The Morgan fingerprint density at radius 2 is 2.08 bits per heavy atom. The van der Waals surface area contributed by atoms with Gasteiger partial charge < -0.3 is 10.6 Å². The van der Waals surface area contributed by atoms with Gasteiger partial charge in [-0.2, -0.15) is 0 Å². The molecule has 0 aromatic heterocycles. The third-order valence-electron chi connectivity index (χ3n) is 2.66. The van der Waals surface area contributed by atoms with Gasteiger partial charge in [-0.3, -0.25) is 0 Å². The predicted octanol–water partition coefficient (Wildman–Crippen LogP) is -0.753. The average Bonchev–Trinajstić information content (AvgIpc) is 2.26. The van der Waals surface area contributed by atoms with Crippen LogP contribution in [0.2, 0.25) is 0 Å². The summed E-state index contributed by atoms with van der Waals surface area (Å²) in [6.45, 7) is 0.571. The minimum absolute atomic E-state index is 0.105. The summed E-state index contributed by atoms with van der Waals surface area (Å²) in [6.07, 6.45) is 1.26. The smallest absolute Gasteiger partial charge is 0.315 e. The third-order valence-corrected chi connectivity index (χ3v) is 4.47. The summed E-state index contributed by atoms with van der Waals surface area (Å²) in [6, 6.07) is -0.247. The van der Waals surface area contributed by atoms with E-state index in [4.69, 9.17) is 0 Å². The molecule has 0 aromatic carbocycles. The van der Waals surface area contributed by atoms with Gasteiger partial charge in [0.2, 0.25) is 0 Å². The third kappa shape index (κ3) is 1.63. The van der Waals surface area contributed by atoms with Crippen molar-refractivity contribution in [1.29, 1.82) is 0 Å². The molecular formula is C7H12N2O3S. The Hall–Kier alpha value is -0.780. The van der Waals surface area contributed by atoms with Crippen LogP contribution in [0.1, 0.15) is 12.8 Å². The van der Waals surface area contributed by atoms with Gasteiger partial charge >= 0.3 is 6.03 Å². The first kappa shape index (κ1) is 8.80. The summed E-state index contributed by atoms with van der Waals surface area (Å²) < 4.78 is 22.5. The maximum Gasteiger partial charge on any atom is 0.315 e. The standard InChI is InChI=1S/C7H12N2O3S/c10-6-8-3-1-7(9-6)2-4-13(11,12)5-7/h1-5H2,(H2,8,9,10). The lowest BCUT2D eigenvalue weighted by Crippen LogP contribution is -2.59. The molecule has 0 radical (unpaired) electrons. The molecule has 6 heteroatoms. The second kappa shape index (κ2) is 2.60. The van der Waals surface area contributed by atoms with E-state index in [0.717, 1.165) is 0 Å². The van der Waals surface area contributed by atoms with Crippen LogP contribution < -0.4 is 10.6 Å². The minimum atomic E-state index is -2.92. The van der Waals surface area contributed by atoms with Gasteiger partial charge in [-0.05, 0) is 12.8 Å². The molecule has 2 fully saturated rings. The van der Waals surface area contributed by atoms with Crippen molar-refractivity contribution in [2.24, 2.45) is 0 Å². The van der Waals surface area contributed by atoms with Crippen LogP contribution in [0, 0.1) is 0 Å². The number of hydrogen-bond acceptors (Lipinski definition) is 3. The molecule has 74 valence electrons. The summed E-state index contributed by atoms with van der Waals surface area (Å²) >= 11 is 0. The molecule has 2 saturated heterocycles. The highest BCUT2D eigenvalue weighted by atomic mass is 32.2. The van der Waals surface area contributed by atoms with Crippen LogP contribution in [-0.2, 0) is 9.84 Å². The molecule has 2 N–H and O–H groups in total. The molecule has 2 rings (SSSR count). The van der Waals surface area contributed by atoms with Gasteiger partial charge in [0, 0.05) is 6.54 Å². The number of rotatable bonds is 0. The number of nitrogens with one attached hydrogen (secondary N) is 2. The Morgan fingerprint density at radius 1 is 1.31 bits per heavy atom. The fourth-order valence-electron chi connectivity index (χ4n) is 1.97. The molecule has 0 aromatic rings. The van der Waals surface area contributed by atoms with Gasteiger partial charge in [0.05, 0.1) is 17.0 Å². The second-order valence-corrected chi connectivity index (χ2v) is 5.94. The largest absolute Gasteiger partial charge is 0.338 e. The Morgan fingerprint density at radius 3 is 2.62 bits per heavy atom. The maximum atomic E-state index is 11.2. The van der Waals surface area contributed by atoms with E-state index in [9.17, 15) is 13.2 Å². The molecule has 0 aliphatic carbocycles. The van der Waals surface area contributed by atoms with Crippen molar-refractivity contribution in [3.63, 3.8) is 0 Å². The van der Waals surface area contributed by atoms with Gasteiger partial charge in [0.1, 0.15) is 0 Å². The van der Waals surface area contributed by atoms with E-state index < -0.39 is 15.4 Å². The number of carbonyl (C=O) groups excluding carboxylic acids is 1. The molecular weight excluding hydrogens is 192 g/mol. The van der Waals surface area contributed by atoms with Crippen LogP contribution in [0.15, 0.2) is 0 Å². The maximum absolute atomic E-state index is 11.2. The molecule has 1 atom stereocenters. The number of hydrogen-bond donors (Lipinski definition) is 2. The van der Waals surface area contributed by atoms with Crippen molar-refractivity contribution in [1.82, 2.24) is 10.6 Å². The van der Waals surface area contributed by atoms with Crippen LogP contribution in [0.4, 0.5) is 4.79 Å². The van der Waals surface area contributed by atoms with E-state index in [-0.39, 0.29) is 17.5 Å². The van der Waals surface area contributed by atoms with Gasteiger partial charge in [0.25, 0.3) is 0 Å². The molecule has 2 amide bonds. The van der Waals surface area contributed by atoms with Crippen molar-refractivity contribution >= 4 is 15.9 Å². The van der Waals surface area contributed by atoms with Crippen molar-refractivity contribution in [3.05, 3.63) is 0 Å². The molecule has 0 saturated carbocycles. The van der Waals surface area contributed by atoms with Crippen LogP contribution >= 0.6 is 0 Å². The van der Waals surface area contributed by atoms with Gasteiger partial charge in [-0.1, -0.05) is 0 Å². The quantitative estimate of drug-likeness (QED) is 0.545. The SMILES string of the molecule is O=C1NCCC2(CCS(=O)(=O)C2)N1. The van der Waals surface area contributed by atoms with E-state index in [0.29, 0.717) is 19.4 Å². The predicted molar refractivity (Wildman–Crippen MR) is 47.2 cm³/mol. The molecule has 2 heterocycles. The number of urea groups is 1. The lowest BCUT2D eigenvalue weighted by molar-refractivity contribution is 0.212. The van der Waals surface area contributed by atoms with Crippen LogP contribution in [0.5, 0.6) is 0 Å². The molecule has 2 aliphatic heterocycles. The molecule has 1 spiro atoms. The zero-order valence-corrected chi connectivity index (χ0v) is 7.99. The van der Waals surface area contributed by atoms with Crippen molar-refractivity contribution in [2.75, 3.05) is 18.1 Å². The first-order valence-electron chi connectivity index (χ1n) is 4.28. The lowest BCUT2D eigenvalue weighted by atomic mass is 9.93. The van der Waals surface area contributed by atoms with Crippen molar-refractivity contribution < 1.29 is 13.2 Å². The monoisotopic (exact) mass is 204 g/mol. The highest BCUT2D eigenvalue weighted by molar-refractivity contribution is 7.91. The van der Waals surface area contributed by atoms with Gasteiger partial charge in [0.15, 0.2) is 9.84 Å². The van der Waals surface area contributed by atoms with Crippen LogP contribution in [0.25, 0.3) is 0 Å². The first-order chi connectivity index (χ1) is 6.02. The van der Waals surface area contributed by atoms with E-state index in [1.54, 1.807) is 0 Å². The van der Waals surface area contributed by atoms with Gasteiger partial charge in [-0.15, -0.1) is 0 Å². The molecule has 5 nitrogen and oxygen atoms in total. The van der Waals surface area contributed by atoms with E-state index >= 15 is 0 Å². The summed E-state index contributed by atoms with van der Waals surface area (Å²) in [4.78, 5) is 11.0. The number of carbonyl (C=O) groups is 1. The Bertz CT molecular complexity index is 338. The minimum Gasteiger partial charge on any atom is -0.338 e. The Kier molecular flexibility index (Phi) is 1.76. The van der Waals surface area contributed by atoms with Gasteiger partial charge in [-0.25, -0.2) is 13.2 Å². The van der Waals surface area contributed by atoms with E-state index in [1.165, 1.54) is 0 Å². The van der Waals surface area contributed by atoms with E-state index in [1.807, 2.05) is 0 Å². The summed E-state index contributed by atoms with van der Waals surface area (Å²) in [5, 5.41) is 5.33. The Labute approximate surface area is 76.8 Å². The molecule has 13 heavy (non-hydrogen) atoms. The van der Waals surface area contributed by atoms with Crippen LogP contribution in [-0.4, -0.2) is 38.0 Å². The molecule has 1 unspecified atom stereocenters. The fraction of sp³-hybridized carbons (Fsp3) is 0.857.